The summed E-state index contributed by atoms with van der Waals surface area (Å²) in [5.41, 5.74) is 0. The van der Waals surface area contributed by atoms with Crippen LogP contribution in [0.1, 0.15) is 13.3 Å². The Labute approximate surface area is 62.6 Å². The predicted molar refractivity (Wildman–Crippen MR) is 42.0 cm³/mol. The first-order valence-corrected chi connectivity index (χ1v) is 4.21. The van der Waals surface area contributed by atoms with Crippen LogP contribution >= 0.6 is 0 Å². The normalized spacial score (nSPS) is 48.0. The molecular weight excluding hydrogens is 124 g/mol. The van der Waals surface area contributed by atoms with Crippen molar-refractivity contribution in [1.82, 2.24) is 10.2 Å². The molecule has 3 atom stereocenters. The molecule has 0 amide bonds. The first-order chi connectivity index (χ1) is 4.79. The molecule has 2 fully saturated rings. The van der Waals surface area contributed by atoms with Crippen molar-refractivity contribution in [3.8, 4) is 0 Å². The summed E-state index contributed by atoms with van der Waals surface area (Å²) in [6, 6.07) is 1.66. The van der Waals surface area contributed by atoms with Crippen molar-refractivity contribution in [2.24, 2.45) is 5.92 Å². The molecule has 0 spiro atoms. The van der Waals surface area contributed by atoms with E-state index in [2.05, 4.69) is 24.2 Å². The third-order valence-corrected chi connectivity index (χ3v) is 3.17. The lowest BCUT2D eigenvalue weighted by molar-refractivity contribution is 0.255. The number of likely N-dealkylation sites (tertiary alicyclic amines) is 1. The Morgan fingerprint density at radius 1 is 1.40 bits per heavy atom. The molecule has 2 heterocycles. The highest BCUT2D eigenvalue weighted by atomic mass is 15.2. The number of nitrogens with zero attached hydrogens (tertiary/aromatic N) is 1. The molecule has 2 aliphatic heterocycles. The van der Waals surface area contributed by atoms with Crippen LogP contribution in [0.4, 0.5) is 0 Å². The lowest BCUT2D eigenvalue weighted by atomic mass is 10.0. The fourth-order valence-electron chi connectivity index (χ4n) is 2.37. The second-order valence-corrected chi connectivity index (χ2v) is 3.74. The van der Waals surface area contributed by atoms with E-state index >= 15 is 0 Å². The van der Waals surface area contributed by atoms with Crippen LogP contribution < -0.4 is 5.32 Å². The van der Waals surface area contributed by atoms with Gasteiger partial charge in [0.05, 0.1) is 0 Å². The van der Waals surface area contributed by atoms with Crippen LogP contribution in [-0.4, -0.2) is 37.1 Å². The summed E-state index contributed by atoms with van der Waals surface area (Å²) in [5, 5.41) is 3.43. The van der Waals surface area contributed by atoms with E-state index in [1.165, 1.54) is 19.5 Å². The Hall–Kier alpha value is -0.0800. The summed E-state index contributed by atoms with van der Waals surface area (Å²) in [7, 11) is 2.25. The maximum atomic E-state index is 3.43. The fourth-order valence-corrected chi connectivity index (χ4v) is 2.37. The smallest absolute Gasteiger partial charge is 0.0261 e. The molecule has 0 radical (unpaired) electrons. The van der Waals surface area contributed by atoms with Gasteiger partial charge in [-0.15, -0.1) is 0 Å². The van der Waals surface area contributed by atoms with Crippen molar-refractivity contribution in [1.29, 1.82) is 0 Å². The van der Waals surface area contributed by atoms with Crippen LogP contribution in [0.5, 0.6) is 0 Å². The summed E-state index contributed by atoms with van der Waals surface area (Å²) < 4.78 is 0. The van der Waals surface area contributed by atoms with Crippen LogP contribution in [0.15, 0.2) is 0 Å². The van der Waals surface area contributed by atoms with Gasteiger partial charge in [-0.05, 0) is 32.9 Å². The van der Waals surface area contributed by atoms with Crippen molar-refractivity contribution < 1.29 is 0 Å². The predicted octanol–water partition coefficient (Wildman–Crippen LogP) is 0.298. The van der Waals surface area contributed by atoms with Crippen molar-refractivity contribution >= 4 is 0 Å². The molecule has 0 aromatic heterocycles. The Kier molecular flexibility index (Phi) is 1.46. The van der Waals surface area contributed by atoms with Crippen molar-refractivity contribution in [3.63, 3.8) is 0 Å². The van der Waals surface area contributed by atoms with Gasteiger partial charge in [0.25, 0.3) is 0 Å². The van der Waals surface area contributed by atoms with Gasteiger partial charge in [-0.2, -0.15) is 0 Å². The van der Waals surface area contributed by atoms with Gasteiger partial charge in [-0.1, -0.05) is 0 Å². The third kappa shape index (κ3) is 0.789. The molecule has 2 rings (SSSR count). The van der Waals surface area contributed by atoms with Gasteiger partial charge in [0.1, 0.15) is 0 Å². The van der Waals surface area contributed by atoms with E-state index in [-0.39, 0.29) is 0 Å². The highest BCUT2D eigenvalue weighted by Gasteiger charge is 2.39. The van der Waals surface area contributed by atoms with Gasteiger partial charge in [0.15, 0.2) is 0 Å². The van der Waals surface area contributed by atoms with E-state index in [0.717, 1.165) is 18.0 Å². The minimum absolute atomic E-state index is 0.817. The van der Waals surface area contributed by atoms with Gasteiger partial charge < -0.3 is 5.32 Å². The largest absolute Gasteiger partial charge is 0.315 e. The highest BCUT2D eigenvalue weighted by Crippen LogP contribution is 2.30. The van der Waals surface area contributed by atoms with E-state index in [1.807, 2.05) is 0 Å². The number of nitrogens with one attached hydrogen (secondary N) is 1. The molecule has 0 aromatic rings. The number of rotatable bonds is 0. The number of likely N-dealkylation sites (N-methyl/N-ethyl adjacent to an activating group) is 1. The summed E-state index contributed by atoms with van der Waals surface area (Å²) in [5.74, 6) is 0.944. The van der Waals surface area contributed by atoms with Crippen LogP contribution in [0, 0.1) is 5.92 Å². The second kappa shape index (κ2) is 2.21. The van der Waals surface area contributed by atoms with Crippen LogP contribution in [0.25, 0.3) is 0 Å². The van der Waals surface area contributed by atoms with Crippen molar-refractivity contribution in [2.45, 2.75) is 25.4 Å². The van der Waals surface area contributed by atoms with E-state index in [4.69, 9.17) is 0 Å². The Balaban J connectivity index is 2.09. The van der Waals surface area contributed by atoms with Gasteiger partial charge in [0.2, 0.25) is 0 Å². The van der Waals surface area contributed by atoms with Gasteiger partial charge in [-0.3, -0.25) is 4.90 Å². The molecule has 0 saturated carbocycles. The second-order valence-electron chi connectivity index (χ2n) is 3.74. The van der Waals surface area contributed by atoms with Gasteiger partial charge in [0, 0.05) is 18.6 Å². The molecule has 0 bridgehead atoms. The number of fused-ring (bicyclic) bond motifs is 1. The zero-order chi connectivity index (χ0) is 7.14. The number of hydrogen-bond donors (Lipinski definition) is 1. The Morgan fingerprint density at radius 2 is 2.20 bits per heavy atom. The highest BCUT2D eigenvalue weighted by molar-refractivity contribution is 4.96. The molecule has 2 nitrogen and oxygen atoms in total. The molecule has 2 saturated heterocycles. The maximum absolute atomic E-state index is 3.43. The summed E-state index contributed by atoms with van der Waals surface area (Å²) >= 11 is 0. The summed E-state index contributed by atoms with van der Waals surface area (Å²) in [4.78, 5) is 2.52. The minimum atomic E-state index is 0.817. The monoisotopic (exact) mass is 140 g/mol. The standard InChI is InChI=1S/C8H16N2/c1-6-3-7-4-9-5-8(7)10(6)2/h6-9H,3-5H2,1-2H3/t6-,7-,8-/m0/s1. The third-order valence-electron chi connectivity index (χ3n) is 3.17. The Bertz CT molecular complexity index is 133. The van der Waals surface area contributed by atoms with Crippen LogP contribution in [-0.2, 0) is 0 Å². The molecular formula is C8H16N2. The Morgan fingerprint density at radius 3 is 2.90 bits per heavy atom. The lowest BCUT2D eigenvalue weighted by Gasteiger charge is -2.21. The fraction of sp³-hybridized carbons (Fsp3) is 1.00. The molecule has 2 aliphatic rings. The number of hydrogen-bond acceptors (Lipinski definition) is 2. The van der Waals surface area contributed by atoms with E-state index in [0.29, 0.717) is 0 Å². The average molecular weight is 140 g/mol. The van der Waals surface area contributed by atoms with Crippen molar-refractivity contribution in [3.05, 3.63) is 0 Å². The van der Waals surface area contributed by atoms with E-state index in [1.54, 1.807) is 0 Å². The van der Waals surface area contributed by atoms with Gasteiger partial charge in [-0.25, -0.2) is 0 Å². The topological polar surface area (TPSA) is 15.3 Å². The quantitative estimate of drug-likeness (QED) is 0.520. The molecule has 10 heavy (non-hydrogen) atoms. The summed E-state index contributed by atoms with van der Waals surface area (Å²) in [6.45, 7) is 4.79. The first-order valence-electron chi connectivity index (χ1n) is 4.21. The molecule has 58 valence electrons. The van der Waals surface area contributed by atoms with Crippen molar-refractivity contribution in [2.75, 3.05) is 20.1 Å². The molecule has 1 N–H and O–H groups in total. The van der Waals surface area contributed by atoms with Crippen LogP contribution in [0.3, 0.4) is 0 Å². The molecule has 0 aromatic carbocycles. The minimum Gasteiger partial charge on any atom is -0.315 e. The van der Waals surface area contributed by atoms with E-state index in [9.17, 15) is 0 Å². The lowest BCUT2D eigenvalue weighted by Crippen LogP contribution is -2.34. The average Bonchev–Trinajstić information content (AvgIpc) is 2.41. The van der Waals surface area contributed by atoms with Gasteiger partial charge >= 0.3 is 0 Å². The molecule has 0 unspecified atom stereocenters. The first kappa shape index (κ1) is 6.62. The zero-order valence-corrected chi connectivity index (χ0v) is 6.80. The molecule has 0 aliphatic carbocycles. The maximum Gasteiger partial charge on any atom is 0.0261 e. The van der Waals surface area contributed by atoms with E-state index < -0.39 is 0 Å². The summed E-state index contributed by atoms with van der Waals surface area (Å²) in [6.07, 6.45) is 1.40. The zero-order valence-electron chi connectivity index (χ0n) is 6.80. The molecule has 2 heteroatoms. The SMILES string of the molecule is C[C@H]1C[C@H]2CNC[C@@H]2N1C. The van der Waals surface area contributed by atoms with Crippen LogP contribution in [0.2, 0.25) is 0 Å².